The standard InChI is InChI=1S/C34H30F2N6O3/c1-3-33(43)42-14-11-21(12-15-42)40-31-18-25-30(19-32(31)44-2)38-20-39-34(25)41-28-9-8-22(16-27(28)36)45-23-10-13-37-29(17-23)24-6-4-5-7-26(24)35/h3-10,13,16-21,40H,1,11-12,14-15H2,2H3,(H,38,39,41). The van der Waals surface area contributed by atoms with E-state index in [1.165, 1.54) is 30.7 Å². The Balaban J connectivity index is 1.20. The van der Waals surface area contributed by atoms with Crippen LogP contribution in [-0.2, 0) is 4.79 Å². The third-order valence-corrected chi connectivity index (χ3v) is 7.61. The molecule has 45 heavy (non-hydrogen) atoms. The maximum Gasteiger partial charge on any atom is 0.245 e. The minimum absolute atomic E-state index is 0.0670. The molecule has 0 atom stereocenters. The molecule has 1 amide bonds. The molecule has 0 bridgehead atoms. The summed E-state index contributed by atoms with van der Waals surface area (Å²) in [5.74, 6) is 0.639. The van der Waals surface area contributed by atoms with Crippen molar-refractivity contribution in [2.75, 3.05) is 30.8 Å². The zero-order valence-electron chi connectivity index (χ0n) is 24.5. The molecule has 3 aromatic carbocycles. The molecule has 0 saturated carbocycles. The first-order valence-electron chi connectivity index (χ1n) is 14.4. The van der Waals surface area contributed by atoms with Crippen LogP contribution in [0.3, 0.4) is 0 Å². The van der Waals surface area contributed by atoms with Gasteiger partial charge in [-0.2, -0.15) is 0 Å². The van der Waals surface area contributed by atoms with Crippen LogP contribution >= 0.6 is 0 Å². The molecular weight excluding hydrogens is 578 g/mol. The van der Waals surface area contributed by atoms with E-state index in [9.17, 15) is 9.18 Å². The van der Waals surface area contributed by atoms with Gasteiger partial charge in [0.15, 0.2) is 0 Å². The van der Waals surface area contributed by atoms with E-state index in [2.05, 4.69) is 32.2 Å². The number of rotatable bonds is 9. The van der Waals surface area contributed by atoms with Gasteiger partial charge >= 0.3 is 0 Å². The van der Waals surface area contributed by atoms with Crippen LogP contribution in [-0.4, -0.2) is 52.0 Å². The number of halogens is 2. The predicted molar refractivity (Wildman–Crippen MR) is 169 cm³/mol. The highest BCUT2D eigenvalue weighted by Crippen LogP contribution is 2.35. The number of likely N-dealkylation sites (tertiary alicyclic amines) is 1. The fourth-order valence-corrected chi connectivity index (χ4v) is 5.27. The number of amides is 1. The molecular formula is C34H30F2N6O3. The number of carbonyl (C=O) groups is 1. The van der Waals surface area contributed by atoms with Crippen molar-refractivity contribution in [1.82, 2.24) is 19.9 Å². The van der Waals surface area contributed by atoms with Crippen molar-refractivity contribution in [3.63, 3.8) is 0 Å². The van der Waals surface area contributed by atoms with Gasteiger partial charge in [0.1, 0.15) is 41.0 Å². The lowest BCUT2D eigenvalue weighted by Crippen LogP contribution is -2.41. The van der Waals surface area contributed by atoms with Gasteiger partial charge in [0, 0.05) is 54.5 Å². The Morgan fingerprint density at radius 2 is 1.76 bits per heavy atom. The number of methoxy groups -OCH3 is 1. The number of hydrogen-bond acceptors (Lipinski definition) is 8. The topological polar surface area (TPSA) is 102 Å². The van der Waals surface area contributed by atoms with E-state index >= 15 is 4.39 Å². The number of pyridine rings is 1. The highest BCUT2D eigenvalue weighted by atomic mass is 19.1. The summed E-state index contributed by atoms with van der Waals surface area (Å²) in [4.78, 5) is 26.7. The van der Waals surface area contributed by atoms with Crippen LogP contribution < -0.4 is 20.1 Å². The first-order chi connectivity index (χ1) is 21.9. The van der Waals surface area contributed by atoms with Gasteiger partial charge < -0.3 is 25.0 Å². The molecule has 5 aromatic rings. The van der Waals surface area contributed by atoms with Crippen molar-refractivity contribution in [1.29, 1.82) is 0 Å². The lowest BCUT2D eigenvalue weighted by Gasteiger charge is -2.32. The SMILES string of the molecule is C=CC(=O)N1CCC(Nc2cc3c(Nc4ccc(Oc5ccnc(-c6ccccc6F)c5)cc4F)ncnc3cc2OC)CC1. The Hall–Kier alpha value is -5.58. The summed E-state index contributed by atoms with van der Waals surface area (Å²) in [5.41, 5.74) is 2.29. The average Bonchev–Trinajstić information content (AvgIpc) is 3.06. The third kappa shape index (κ3) is 6.52. The molecule has 1 saturated heterocycles. The number of nitrogens with zero attached hydrogens (tertiary/aromatic N) is 4. The van der Waals surface area contributed by atoms with Crippen molar-refractivity contribution < 1.29 is 23.0 Å². The van der Waals surface area contributed by atoms with E-state index in [0.717, 1.165) is 18.5 Å². The zero-order valence-corrected chi connectivity index (χ0v) is 24.5. The monoisotopic (exact) mass is 608 g/mol. The van der Waals surface area contributed by atoms with Gasteiger partial charge in [-0.3, -0.25) is 9.78 Å². The summed E-state index contributed by atoms with van der Waals surface area (Å²) in [6, 6.07) is 17.8. The van der Waals surface area contributed by atoms with E-state index in [1.54, 1.807) is 60.5 Å². The van der Waals surface area contributed by atoms with Crippen LogP contribution in [0.2, 0.25) is 0 Å². The molecule has 6 rings (SSSR count). The van der Waals surface area contributed by atoms with E-state index in [0.29, 0.717) is 52.6 Å². The van der Waals surface area contributed by atoms with Crippen LogP contribution in [0, 0.1) is 11.6 Å². The summed E-state index contributed by atoms with van der Waals surface area (Å²) in [6.45, 7) is 4.82. The second-order valence-corrected chi connectivity index (χ2v) is 10.5. The molecule has 0 aliphatic carbocycles. The fourth-order valence-electron chi connectivity index (χ4n) is 5.27. The first-order valence-corrected chi connectivity index (χ1v) is 14.4. The van der Waals surface area contributed by atoms with Crippen molar-refractivity contribution in [3.8, 4) is 28.5 Å². The largest absolute Gasteiger partial charge is 0.495 e. The average molecular weight is 609 g/mol. The number of fused-ring (bicyclic) bond motifs is 1. The minimum Gasteiger partial charge on any atom is -0.495 e. The van der Waals surface area contributed by atoms with E-state index in [-0.39, 0.29) is 23.4 Å². The molecule has 228 valence electrons. The van der Waals surface area contributed by atoms with Gasteiger partial charge in [-0.15, -0.1) is 0 Å². The van der Waals surface area contributed by atoms with Crippen molar-refractivity contribution in [2.45, 2.75) is 18.9 Å². The normalized spacial score (nSPS) is 13.4. The Kier molecular flexibility index (Phi) is 8.50. The van der Waals surface area contributed by atoms with Gasteiger partial charge in [-0.05, 0) is 55.3 Å². The highest BCUT2D eigenvalue weighted by Gasteiger charge is 2.23. The molecule has 1 aliphatic rings. The summed E-state index contributed by atoms with van der Waals surface area (Å²) >= 11 is 0. The zero-order chi connectivity index (χ0) is 31.3. The summed E-state index contributed by atoms with van der Waals surface area (Å²) in [7, 11) is 1.59. The van der Waals surface area contributed by atoms with Crippen molar-refractivity contribution >= 4 is 34.0 Å². The van der Waals surface area contributed by atoms with Crippen molar-refractivity contribution in [2.24, 2.45) is 0 Å². The van der Waals surface area contributed by atoms with Gasteiger partial charge in [-0.25, -0.2) is 18.7 Å². The highest BCUT2D eigenvalue weighted by molar-refractivity contribution is 5.95. The summed E-state index contributed by atoms with van der Waals surface area (Å²) in [6.07, 6.45) is 5.77. The van der Waals surface area contributed by atoms with Crippen molar-refractivity contribution in [3.05, 3.63) is 104 Å². The number of ether oxygens (including phenoxy) is 2. The quantitative estimate of drug-likeness (QED) is 0.171. The van der Waals surface area contributed by atoms with Crippen LogP contribution in [0.4, 0.5) is 26.0 Å². The summed E-state index contributed by atoms with van der Waals surface area (Å²) in [5, 5.41) is 7.28. The number of anilines is 3. The van der Waals surface area contributed by atoms with Crippen LogP contribution in [0.15, 0.2) is 91.9 Å². The molecule has 0 radical (unpaired) electrons. The number of aromatic nitrogens is 3. The lowest BCUT2D eigenvalue weighted by molar-refractivity contribution is -0.126. The molecule has 2 aromatic heterocycles. The van der Waals surface area contributed by atoms with E-state index < -0.39 is 11.6 Å². The van der Waals surface area contributed by atoms with E-state index in [4.69, 9.17) is 9.47 Å². The van der Waals surface area contributed by atoms with Crippen LogP contribution in [0.1, 0.15) is 12.8 Å². The van der Waals surface area contributed by atoms with Gasteiger partial charge in [0.2, 0.25) is 5.91 Å². The molecule has 0 unspecified atom stereocenters. The number of piperidine rings is 1. The van der Waals surface area contributed by atoms with Gasteiger partial charge in [0.25, 0.3) is 0 Å². The fraction of sp³-hybridized carbons (Fsp3) is 0.176. The Labute approximate surface area is 258 Å². The van der Waals surface area contributed by atoms with Gasteiger partial charge in [0.05, 0.1) is 29.7 Å². The predicted octanol–water partition coefficient (Wildman–Crippen LogP) is 7.10. The molecule has 1 aliphatic heterocycles. The van der Waals surface area contributed by atoms with Crippen LogP contribution in [0.5, 0.6) is 17.2 Å². The first kappa shape index (κ1) is 29.5. The number of carbonyl (C=O) groups excluding carboxylic acids is 1. The Morgan fingerprint density at radius 1 is 0.956 bits per heavy atom. The smallest absolute Gasteiger partial charge is 0.245 e. The molecule has 9 nitrogen and oxygen atoms in total. The lowest BCUT2D eigenvalue weighted by atomic mass is 10.0. The van der Waals surface area contributed by atoms with Crippen LogP contribution in [0.25, 0.3) is 22.2 Å². The molecule has 0 spiro atoms. The van der Waals surface area contributed by atoms with E-state index in [1.807, 2.05) is 6.07 Å². The molecule has 3 heterocycles. The maximum atomic E-state index is 15.3. The summed E-state index contributed by atoms with van der Waals surface area (Å²) < 4.78 is 41.1. The molecule has 1 fully saturated rings. The number of nitrogens with one attached hydrogen (secondary N) is 2. The Bertz CT molecular complexity index is 1880. The number of hydrogen-bond donors (Lipinski definition) is 2. The number of benzene rings is 3. The third-order valence-electron chi connectivity index (χ3n) is 7.61. The Morgan fingerprint density at radius 3 is 2.51 bits per heavy atom. The minimum atomic E-state index is -0.560. The second kappa shape index (κ2) is 13.0. The molecule has 2 N–H and O–H groups in total. The second-order valence-electron chi connectivity index (χ2n) is 10.5. The van der Waals surface area contributed by atoms with Gasteiger partial charge in [-0.1, -0.05) is 18.7 Å². The molecule has 11 heteroatoms. The maximum absolute atomic E-state index is 15.3.